The van der Waals surface area contributed by atoms with Crippen LogP contribution in [0.15, 0.2) is 67.3 Å². The van der Waals surface area contributed by atoms with Crippen LogP contribution in [0, 0.1) is 0 Å². The van der Waals surface area contributed by atoms with E-state index in [1.54, 1.807) is 23.1 Å². The lowest BCUT2D eigenvalue weighted by atomic mass is 10.1. The van der Waals surface area contributed by atoms with E-state index in [-0.39, 0.29) is 11.9 Å². The number of benzene rings is 2. The molecule has 1 heterocycles. The number of nitrogens with one attached hydrogen (secondary N) is 1. The Kier molecular flexibility index (Phi) is 3.96. The maximum absolute atomic E-state index is 12.1. The number of aromatic nitrogens is 3. The number of carbonyl (C=O) groups excluding carboxylic acids is 1. The van der Waals surface area contributed by atoms with Crippen LogP contribution in [-0.4, -0.2) is 20.7 Å². The lowest BCUT2D eigenvalue weighted by Gasteiger charge is -2.15. The molecule has 0 spiro atoms. The summed E-state index contributed by atoms with van der Waals surface area (Å²) in [6.45, 7) is 1.96. The zero-order chi connectivity index (χ0) is 15.4. The Morgan fingerprint density at radius 3 is 2.45 bits per heavy atom. The summed E-state index contributed by atoms with van der Waals surface area (Å²) in [4.78, 5) is 16.1. The molecule has 1 amide bonds. The summed E-state index contributed by atoms with van der Waals surface area (Å²) in [6.07, 6.45) is 3.15. The minimum Gasteiger partial charge on any atom is -0.346 e. The van der Waals surface area contributed by atoms with Crippen molar-refractivity contribution in [3.05, 3.63) is 78.4 Å². The molecule has 2 aromatic carbocycles. The average molecular weight is 292 g/mol. The molecule has 0 aliphatic heterocycles. The Morgan fingerprint density at radius 1 is 1.09 bits per heavy atom. The lowest BCUT2D eigenvalue weighted by Crippen LogP contribution is -2.26. The monoisotopic (exact) mass is 292 g/mol. The van der Waals surface area contributed by atoms with Gasteiger partial charge in [0, 0.05) is 5.56 Å². The Morgan fingerprint density at radius 2 is 1.82 bits per heavy atom. The highest BCUT2D eigenvalue weighted by molar-refractivity contribution is 5.94. The second-order valence-corrected chi connectivity index (χ2v) is 4.99. The van der Waals surface area contributed by atoms with Crippen LogP contribution >= 0.6 is 0 Å². The Balaban J connectivity index is 1.70. The van der Waals surface area contributed by atoms with Gasteiger partial charge in [0.05, 0.1) is 11.7 Å². The summed E-state index contributed by atoms with van der Waals surface area (Å²) in [7, 11) is 0. The third-order valence-corrected chi connectivity index (χ3v) is 3.46. The molecule has 0 saturated heterocycles. The normalized spacial score (nSPS) is 11.9. The third-order valence-electron chi connectivity index (χ3n) is 3.46. The molecule has 5 nitrogen and oxygen atoms in total. The van der Waals surface area contributed by atoms with E-state index in [4.69, 9.17) is 0 Å². The van der Waals surface area contributed by atoms with Gasteiger partial charge in [-0.2, -0.15) is 5.10 Å². The highest BCUT2D eigenvalue weighted by Crippen LogP contribution is 2.15. The number of nitrogens with zero attached hydrogens (tertiary/aromatic N) is 3. The minimum atomic E-state index is -0.0755. The Bertz CT molecular complexity index is 736. The standard InChI is InChI=1S/C17H16N4O/c1-13(20-17(22)15-5-3-2-4-6-15)14-7-9-16(10-8-14)21-12-18-11-19-21/h2-13H,1H3,(H,20,22). The molecule has 3 rings (SSSR count). The number of rotatable bonds is 4. The first-order valence-corrected chi connectivity index (χ1v) is 7.05. The van der Waals surface area contributed by atoms with E-state index in [9.17, 15) is 4.79 Å². The Labute approximate surface area is 128 Å². The third kappa shape index (κ3) is 3.03. The molecule has 0 bridgehead atoms. The van der Waals surface area contributed by atoms with Crippen LogP contribution in [-0.2, 0) is 0 Å². The van der Waals surface area contributed by atoms with Gasteiger partial charge in [0.25, 0.3) is 5.91 Å². The summed E-state index contributed by atoms with van der Waals surface area (Å²) in [5.41, 5.74) is 2.63. The molecule has 1 atom stereocenters. The van der Waals surface area contributed by atoms with E-state index < -0.39 is 0 Å². The number of amides is 1. The fraction of sp³-hybridized carbons (Fsp3) is 0.118. The molecule has 0 radical (unpaired) electrons. The maximum Gasteiger partial charge on any atom is 0.251 e. The van der Waals surface area contributed by atoms with Crippen LogP contribution in [0.4, 0.5) is 0 Å². The molecule has 0 aliphatic rings. The van der Waals surface area contributed by atoms with E-state index in [0.29, 0.717) is 5.56 Å². The highest BCUT2D eigenvalue weighted by Gasteiger charge is 2.11. The molecule has 0 aliphatic carbocycles. The van der Waals surface area contributed by atoms with Crippen molar-refractivity contribution >= 4 is 5.91 Å². The quantitative estimate of drug-likeness (QED) is 0.804. The smallest absolute Gasteiger partial charge is 0.251 e. The lowest BCUT2D eigenvalue weighted by molar-refractivity contribution is 0.0940. The van der Waals surface area contributed by atoms with Crippen molar-refractivity contribution in [2.24, 2.45) is 0 Å². The van der Waals surface area contributed by atoms with Crippen LogP contribution in [0.3, 0.4) is 0 Å². The second-order valence-electron chi connectivity index (χ2n) is 4.99. The molecule has 5 heteroatoms. The molecule has 0 fully saturated rings. The van der Waals surface area contributed by atoms with Crippen molar-refractivity contribution in [2.75, 3.05) is 0 Å². The number of hydrogen-bond acceptors (Lipinski definition) is 3. The zero-order valence-corrected chi connectivity index (χ0v) is 12.2. The fourth-order valence-electron chi connectivity index (χ4n) is 2.21. The number of hydrogen-bond donors (Lipinski definition) is 1. The predicted molar refractivity (Wildman–Crippen MR) is 83.7 cm³/mol. The molecule has 1 unspecified atom stereocenters. The predicted octanol–water partition coefficient (Wildman–Crippen LogP) is 2.76. The maximum atomic E-state index is 12.1. The molecule has 0 saturated carbocycles. The molecular weight excluding hydrogens is 276 g/mol. The van der Waals surface area contributed by atoms with Gasteiger partial charge in [-0.05, 0) is 36.8 Å². The fourth-order valence-corrected chi connectivity index (χ4v) is 2.21. The van der Waals surface area contributed by atoms with Gasteiger partial charge in [-0.25, -0.2) is 9.67 Å². The summed E-state index contributed by atoms with van der Waals surface area (Å²) < 4.78 is 1.69. The largest absolute Gasteiger partial charge is 0.346 e. The average Bonchev–Trinajstić information content (AvgIpc) is 3.10. The summed E-state index contributed by atoms with van der Waals surface area (Å²) >= 11 is 0. The van der Waals surface area contributed by atoms with Crippen LogP contribution in [0.2, 0.25) is 0 Å². The molecular formula is C17H16N4O. The molecule has 1 aromatic heterocycles. The molecule has 22 heavy (non-hydrogen) atoms. The van der Waals surface area contributed by atoms with Crippen molar-refractivity contribution in [2.45, 2.75) is 13.0 Å². The minimum absolute atomic E-state index is 0.0718. The zero-order valence-electron chi connectivity index (χ0n) is 12.2. The summed E-state index contributed by atoms with van der Waals surface area (Å²) in [5, 5.41) is 7.08. The van der Waals surface area contributed by atoms with E-state index in [1.165, 1.54) is 6.33 Å². The van der Waals surface area contributed by atoms with Gasteiger partial charge in [-0.3, -0.25) is 4.79 Å². The van der Waals surface area contributed by atoms with Crippen LogP contribution in [0.5, 0.6) is 0 Å². The Hall–Kier alpha value is -2.95. The topological polar surface area (TPSA) is 59.8 Å². The van der Waals surface area contributed by atoms with Gasteiger partial charge in [0.15, 0.2) is 0 Å². The van der Waals surface area contributed by atoms with E-state index in [2.05, 4.69) is 15.4 Å². The van der Waals surface area contributed by atoms with Crippen LogP contribution in [0.1, 0.15) is 28.9 Å². The molecule has 110 valence electrons. The second kappa shape index (κ2) is 6.22. The van der Waals surface area contributed by atoms with Gasteiger partial charge in [-0.15, -0.1) is 0 Å². The first-order valence-electron chi connectivity index (χ1n) is 7.05. The van der Waals surface area contributed by atoms with E-state index in [1.807, 2.05) is 49.4 Å². The summed E-state index contributed by atoms with van der Waals surface area (Å²) in [6, 6.07) is 17.0. The molecule has 1 N–H and O–H groups in total. The van der Waals surface area contributed by atoms with Crippen LogP contribution < -0.4 is 5.32 Å². The van der Waals surface area contributed by atoms with Gasteiger partial charge in [0.1, 0.15) is 12.7 Å². The first kappa shape index (κ1) is 14.0. The van der Waals surface area contributed by atoms with Gasteiger partial charge in [0.2, 0.25) is 0 Å². The van der Waals surface area contributed by atoms with Crippen molar-refractivity contribution in [1.29, 1.82) is 0 Å². The van der Waals surface area contributed by atoms with E-state index in [0.717, 1.165) is 11.3 Å². The van der Waals surface area contributed by atoms with Gasteiger partial charge < -0.3 is 5.32 Å². The highest BCUT2D eigenvalue weighted by atomic mass is 16.1. The van der Waals surface area contributed by atoms with Gasteiger partial charge >= 0.3 is 0 Å². The van der Waals surface area contributed by atoms with Gasteiger partial charge in [-0.1, -0.05) is 30.3 Å². The first-order chi connectivity index (χ1) is 10.7. The van der Waals surface area contributed by atoms with E-state index >= 15 is 0 Å². The molecule has 3 aromatic rings. The van der Waals surface area contributed by atoms with Crippen molar-refractivity contribution < 1.29 is 4.79 Å². The van der Waals surface area contributed by atoms with Crippen molar-refractivity contribution in [3.8, 4) is 5.69 Å². The number of carbonyl (C=O) groups is 1. The van der Waals surface area contributed by atoms with Crippen molar-refractivity contribution in [1.82, 2.24) is 20.1 Å². The SMILES string of the molecule is CC(NC(=O)c1ccccc1)c1ccc(-n2cncn2)cc1. The summed E-state index contributed by atoms with van der Waals surface area (Å²) in [5.74, 6) is -0.0755. The van der Waals surface area contributed by atoms with Crippen molar-refractivity contribution in [3.63, 3.8) is 0 Å². The van der Waals surface area contributed by atoms with Crippen LogP contribution in [0.25, 0.3) is 5.69 Å².